The molecule has 0 bridgehead atoms. The minimum absolute atomic E-state index is 0.0928. The molecular weight excluding hydrogens is 348 g/mol. The van der Waals surface area contributed by atoms with Crippen molar-refractivity contribution in [2.24, 2.45) is 28.2 Å². The van der Waals surface area contributed by atoms with E-state index < -0.39 is 0 Å². The molecule has 1 aromatic rings. The van der Waals surface area contributed by atoms with Crippen molar-refractivity contribution in [1.82, 2.24) is 14.8 Å². The second-order valence-corrected chi connectivity index (χ2v) is 10.2. The van der Waals surface area contributed by atoms with Gasteiger partial charge in [0.2, 0.25) is 0 Å². The Morgan fingerprint density at radius 1 is 1.14 bits per heavy atom. The van der Waals surface area contributed by atoms with Gasteiger partial charge in [-0.1, -0.05) is 55.4 Å². The van der Waals surface area contributed by atoms with E-state index in [1.54, 1.807) is 6.26 Å². The Morgan fingerprint density at radius 2 is 1.86 bits per heavy atom. The summed E-state index contributed by atoms with van der Waals surface area (Å²) < 4.78 is 5.18. The predicted octanol–water partition coefficient (Wildman–Crippen LogP) is 4.82. The summed E-state index contributed by atoms with van der Waals surface area (Å²) in [6, 6.07) is 0.259. The molecule has 0 aromatic carbocycles. The highest BCUT2D eigenvalue weighted by Gasteiger charge is 2.40. The number of oxazole rings is 1. The third-order valence-corrected chi connectivity index (χ3v) is 6.21. The molecule has 3 heterocycles. The average Bonchev–Trinajstić information content (AvgIpc) is 3.11. The topological polar surface area (TPSA) is 44.9 Å². The zero-order valence-electron chi connectivity index (χ0n) is 19.0. The van der Waals surface area contributed by atoms with E-state index in [-0.39, 0.29) is 11.5 Å². The highest BCUT2D eigenvalue weighted by Crippen LogP contribution is 2.41. The highest BCUT2D eigenvalue weighted by molar-refractivity contribution is 5.88. The van der Waals surface area contributed by atoms with E-state index in [0.29, 0.717) is 17.8 Å². The average molecular weight is 387 g/mol. The summed E-state index contributed by atoms with van der Waals surface area (Å²) in [5.41, 5.74) is 4.08. The van der Waals surface area contributed by atoms with E-state index in [1.165, 1.54) is 23.5 Å². The maximum atomic E-state index is 5.37. The molecule has 5 heteroatoms. The Balaban J connectivity index is 2.01. The molecule has 0 N–H and O–H groups in total. The molecule has 2 atom stereocenters. The van der Waals surface area contributed by atoms with Crippen molar-refractivity contribution in [2.75, 3.05) is 19.6 Å². The number of fused-ring (bicyclic) bond motifs is 1. The van der Waals surface area contributed by atoms with Crippen LogP contribution in [0, 0.1) is 23.2 Å². The minimum Gasteiger partial charge on any atom is -0.451 e. The molecule has 0 radical (unpaired) electrons. The van der Waals surface area contributed by atoms with E-state index >= 15 is 0 Å². The van der Waals surface area contributed by atoms with Crippen molar-refractivity contribution < 1.29 is 4.42 Å². The molecule has 1 saturated heterocycles. The number of nitrogens with zero attached hydrogens (tertiary/aromatic N) is 4. The second kappa shape index (κ2) is 8.02. The predicted molar refractivity (Wildman–Crippen MR) is 115 cm³/mol. The van der Waals surface area contributed by atoms with Crippen LogP contribution in [0.25, 0.3) is 0 Å². The largest absolute Gasteiger partial charge is 0.451 e. The standard InChI is InChI=1S/C23H38N4O/c1-15(2)17(5)22-25-21(16(3)4)20(23(6,7)8)19-12-26(9-10-27(19)22)11-18-13-28-14-24-18/h13-17,21H,9-12H2,1-8H3/t17?,21-/m0/s1. The molecule has 0 amide bonds. The maximum absolute atomic E-state index is 5.37. The van der Waals surface area contributed by atoms with Crippen LogP contribution in [-0.2, 0) is 6.54 Å². The first-order chi connectivity index (χ1) is 13.1. The first-order valence-corrected chi connectivity index (χ1v) is 10.8. The summed E-state index contributed by atoms with van der Waals surface area (Å²) in [6.07, 6.45) is 3.28. The maximum Gasteiger partial charge on any atom is 0.180 e. The number of rotatable bonds is 5. The Morgan fingerprint density at radius 3 is 2.39 bits per heavy atom. The van der Waals surface area contributed by atoms with Crippen LogP contribution in [0.2, 0.25) is 0 Å². The molecule has 0 aliphatic carbocycles. The van der Waals surface area contributed by atoms with Gasteiger partial charge in [-0.3, -0.25) is 9.89 Å². The zero-order chi connectivity index (χ0) is 20.6. The van der Waals surface area contributed by atoms with Gasteiger partial charge in [-0.25, -0.2) is 4.98 Å². The molecule has 3 rings (SSSR count). The SMILES string of the molecule is CC(C)C(C)C1=N[C@@H](C(C)C)C(C(C)(C)C)=C2CN(Cc3cocn3)CCN12. The van der Waals surface area contributed by atoms with Gasteiger partial charge < -0.3 is 9.32 Å². The molecule has 1 unspecified atom stereocenters. The summed E-state index contributed by atoms with van der Waals surface area (Å²) in [4.78, 5) is 14.7. The molecule has 1 fully saturated rings. The van der Waals surface area contributed by atoms with E-state index in [1.807, 2.05) is 0 Å². The fraction of sp³-hybridized carbons (Fsp3) is 0.739. The van der Waals surface area contributed by atoms with Gasteiger partial charge in [-0.15, -0.1) is 0 Å². The van der Waals surface area contributed by atoms with Crippen LogP contribution in [0.4, 0.5) is 0 Å². The summed E-state index contributed by atoms with van der Waals surface area (Å²) in [5, 5.41) is 0. The third kappa shape index (κ3) is 4.19. The molecule has 1 aromatic heterocycles. The number of hydrogen-bond acceptors (Lipinski definition) is 5. The van der Waals surface area contributed by atoms with E-state index in [2.05, 4.69) is 70.2 Å². The van der Waals surface area contributed by atoms with E-state index in [0.717, 1.165) is 31.9 Å². The fourth-order valence-corrected chi connectivity index (χ4v) is 4.38. The van der Waals surface area contributed by atoms with Crippen LogP contribution in [0.5, 0.6) is 0 Å². The number of hydrogen-bond donors (Lipinski definition) is 0. The monoisotopic (exact) mass is 386 g/mol. The van der Waals surface area contributed by atoms with Crippen LogP contribution in [0.1, 0.15) is 61.1 Å². The normalized spacial score (nSPS) is 22.7. The van der Waals surface area contributed by atoms with Crippen LogP contribution >= 0.6 is 0 Å². The number of amidine groups is 1. The minimum atomic E-state index is 0.0928. The lowest BCUT2D eigenvalue weighted by Crippen LogP contribution is -2.53. The first-order valence-electron chi connectivity index (χ1n) is 10.8. The summed E-state index contributed by atoms with van der Waals surface area (Å²) in [5.74, 6) is 2.82. The lowest BCUT2D eigenvalue weighted by Gasteiger charge is -2.48. The number of piperazine rings is 1. The molecule has 5 nitrogen and oxygen atoms in total. The van der Waals surface area contributed by atoms with Crippen molar-refractivity contribution >= 4 is 5.84 Å². The van der Waals surface area contributed by atoms with E-state index in [4.69, 9.17) is 9.41 Å². The van der Waals surface area contributed by atoms with E-state index in [9.17, 15) is 0 Å². The summed E-state index contributed by atoms with van der Waals surface area (Å²) in [7, 11) is 0. The van der Waals surface area contributed by atoms with Crippen molar-refractivity contribution in [2.45, 2.75) is 68.0 Å². The Bertz CT molecular complexity index is 724. The molecule has 2 aliphatic heterocycles. The lowest BCUT2D eigenvalue weighted by atomic mass is 9.75. The second-order valence-electron chi connectivity index (χ2n) is 10.2. The molecule has 0 saturated carbocycles. The van der Waals surface area contributed by atoms with Gasteiger partial charge in [0.1, 0.15) is 12.1 Å². The smallest absolute Gasteiger partial charge is 0.180 e. The van der Waals surface area contributed by atoms with Crippen molar-refractivity contribution in [3.8, 4) is 0 Å². The number of aromatic nitrogens is 1. The van der Waals surface area contributed by atoms with Gasteiger partial charge >= 0.3 is 0 Å². The van der Waals surface area contributed by atoms with Gasteiger partial charge in [0.05, 0.1) is 11.7 Å². The highest BCUT2D eigenvalue weighted by atomic mass is 16.3. The van der Waals surface area contributed by atoms with Crippen LogP contribution < -0.4 is 0 Å². The molecule has 0 spiro atoms. The summed E-state index contributed by atoms with van der Waals surface area (Å²) >= 11 is 0. The van der Waals surface area contributed by atoms with Gasteiger partial charge in [-0.05, 0) is 22.8 Å². The Labute approximate surface area is 170 Å². The molecular formula is C23H38N4O. The Kier molecular flexibility index (Phi) is 6.04. The zero-order valence-corrected chi connectivity index (χ0v) is 19.0. The van der Waals surface area contributed by atoms with Crippen LogP contribution in [0.3, 0.4) is 0 Å². The van der Waals surface area contributed by atoms with Crippen LogP contribution in [-0.4, -0.2) is 46.3 Å². The Hall–Kier alpha value is -1.62. The van der Waals surface area contributed by atoms with Gasteiger partial charge in [0.25, 0.3) is 0 Å². The van der Waals surface area contributed by atoms with Gasteiger partial charge in [0.15, 0.2) is 6.39 Å². The molecule has 28 heavy (non-hydrogen) atoms. The molecule has 2 aliphatic rings. The van der Waals surface area contributed by atoms with Crippen LogP contribution in [0.15, 0.2) is 33.3 Å². The fourth-order valence-electron chi connectivity index (χ4n) is 4.38. The van der Waals surface area contributed by atoms with Crippen molar-refractivity contribution in [1.29, 1.82) is 0 Å². The van der Waals surface area contributed by atoms with Crippen molar-refractivity contribution in [3.05, 3.63) is 29.6 Å². The lowest BCUT2D eigenvalue weighted by molar-refractivity contribution is 0.191. The van der Waals surface area contributed by atoms with Crippen molar-refractivity contribution in [3.63, 3.8) is 0 Å². The summed E-state index contributed by atoms with van der Waals surface area (Å²) in [6.45, 7) is 22.4. The van der Waals surface area contributed by atoms with Gasteiger partial charge in [0, 0.05) is 37.8 Å². The molecule has 156 valence electrons. The first kappa shape index (κ1) is 21.1. The third-order valence-electron chi connectivity index (χ3n) is 6.21. The van der Waals surface area contributed by atoms with Gasteiger partial charge in [-0.2, -0.15) is 0 Å². The number of aliphatic imine (C=N–C) groups is 1. The quantitative estimate of drug-likeness (QED) is 0.728.